The van der Waals surface area contributed by atoms with Crippen molar-refractivity contribution in [1.29, 1.82) is 0 Å². The maximum absolute atomic E-state index is 10.9. The van der Waals surface area contributed by atoms with Crippen molar-refractivity contribution in [3.63, 3.8) is 0 Å². The lowest BCUT2D eigenvalue weighted by molar-refractivity contribution is -0.144. The van der Waals surface area contributed by atoms with Gasteiger partial charge < -0.3 is 9.84 Å². The molecule has 0 aromatic carbocycles. The molecule has 3 heteroatoms. The Balaban J connectivity index is 3.08. The van der Waals surface area contributed by atoms with Crippen molar-refractivity contribution in [3.8, 4) is 0 Å². The van der Waals surface area contributed by atoms with Gasteiger partial charge in [0.15, 0.2) is 0 Å². The summed E-state index contributed by atoms with van der Waals surface area (Å²) in [4.78, 5) is 10.9. The van der Waals surface area contributed by atoms with Crippen LogP contribution in [0.15, 0.2) is 0 Å². The van der Waals surface area contributed by atoms with Gasteiger partial charge in [0.25, 0.3) is 0 Å². The standard InChI is InChI=1S/C10H20O3/c1-2-3-4-5-6-7-10(12)13-9-8-11/h11H,2-9H2,1H3. The van der Waals surface area contributed by atoms with E-state index in [9.17, 15) is 4.79 Å². The van der Waals surface area contributed by atoms with Gasteiger partial charge >= 0.3 is 5.97 Å². The van der Waals surface area contributed by atoms with Crippen LogP contribution in [0.1, 0.15) is 45.4 Å². The summed E-state index contributed by atoms with van der Waals surface area (Å²) in [6.07, 6.45) is 6.15. The first-order chi connectivity index (χ1) is 6.31. The number of aliphatic hydroxyl groups excluding tert-OH is 1. The highest BCUT2D eigenvalue weighted by atomic mass is 16.5. The third kappa shape index (κ3) is 9.34. The van der Waals surface area contributed by atoms with Gasteiger partial charge in [-0.05, 0) is 6.42 Å². The predicted molar refractivity (Wildman–Crippen MR) is 51.4 cm³/mol. The van der Waals surface area contributed by atoms with Crippen LogP contribution in [0.3, 0.4) is 0 Å². The van der Waals surface area contributed by atoms with E-state index in [0.717, 1.165) is 12.8 Å². The predicted octanol–water partition coefficient (Wildman–Crippen LogP) is 1.88. The van der Waals surface area contributed by atoms with Crippen molar-refractivity contribution in [2.75, 3.05) is 13.2 Å². The van der Waals surface area contributed by atoms with Crippen LogP contribution in [0.2, 0.25) is 0 Å². The lowest BCUT2D eigenvalue weighted by Crippen LogP contribution is -2.07. The average Bonchev–Trinajstić information content (AvgIpc) is 2.14. The molecule has 1 N–H and O–H groups in total. The van der Waals surface area contributed by atoms with Crippen molar-refractivity contribution in [1.82, 2.24) is 0 Å². The molecule has 0 bridgehead atoms. The van der Waals surface area contributed by atoms with Gasteiger partial charge in [-0.25, -0.2) is 0 Å². The van der Waals surface area contributed by atoms with Crippen LogP contribution in [0.25, 0.3) is 0 Å². The van der Waals surface area contributed by atoms with Crippen LogP contribution in [0.4, 0.5) is 0 Å². The average molecular weight is 188 g/mol. The molecule has 0 aromatic heterocycles. The summed E-state index contributed by atoms with van der Waals surface area (Å²) in [5.74, 6) is -0.189. The Hall–Kier alpha value is -0.570. The third-order valence-corrected chi connectivity index (χ3v) is 1.84. The van der Waals surface area contributed by atoms with Crippen LogP contribution >= 0.6 is 0 Å². The first-order valence-electron chi connectivity index (χ1n) is 5.07. The van der Waals surface area contributed by atoms with Crippen LogP contribution in [-0.4, -0.2) is 24.3 Å². The SMILES string of the molecule is CCCCCCCC(=O)OCCO. The number of unbranched alkanes of at least 4 members (excludes halogenated alkanes) is 4. The Kier molecular flexibility index (Phi) is 9.10. The van der Waals surface area contributed by atoms with E-state index in [1.54, 1.807) is 0 Å². The Labute approximate surface area is 80.1 Å². The van der Waals surface area contributed by atoms with Crippen LogP contribution in [-0.2, 0) is 9.53 Å². The lowest BCUT2D eigenvalue weighted by atomic mass is 10.1. The second kappa shape index (κ2) is 9.52. The highest BCUT2D eigenvalue weighted by Crippen LogP contribution is 2.05. The second-order valence-electron chi connectivity index (χ2n) is 3.11. The number of rotatable bonds is 8. The molecule has 0 amide bonds. The maximum Gasteiger partial charge on any atom is 0.305 e. The minimum absolute atomic E-state index is 0.0818. The summed E-state index contributed by atoms with van der Waals surface area (Å²) in [7, 11) is 0. The molecular weight excluding hydrogens is 168 g/mol. The summed E-state index contributed by atoms with van der Waals surface area (Å²) >= 11 is 0. The Bertz CT molecular complexity index is 123. The smallest absolute Gasteiger partial charge is 0.305 e. The maximum atomic E-state index is 10.9. The summed E-state index contributed by atoms with van der Waals surface area (Å²) in [5.41, 5.74) is 0. The summed E-state index contributed by atoms with van der Waals surface area (Å²) in [6.45, 7) is 2.21. The molecule has 0 aromatic rings. The van der Waals surface area contributed by atoms with Crippen molar-refractivity contribution in [2.45, 2.75) is 45.4 Å². The van der Waals surface area contributed by atoms with E-state index in [4.69, 9.17) is 9.84 Å². The van der Waals surface area contributed by atoms with Crippen molar-refractivity contribution in [2.24, 2.45) is 0 Å². The first-order valence-corrected chi connectivity index (χ1v) is 5.07. The van der Waals surface area contributed by atoms with Gasteiger partial charge in [0.2, 0.25) is 0 Å². The van der Waals surface area contributed by atoms with E-state index in [1.165, 1.54) is 19.3 Å². The van der Waals surface area contributed by atoms with E-state index in [-0.39, 0.29) is 19.2 Å². The molecule has 0 unspecified atom stereocenters. The molecular formula is C10H20O3. The van der Waals surface area contributed by atoms with Crippen LogP contribution < -0.4 is 0 Å². The number of esters is 1. The Morgan fingerprint density at radius 3 is 2.54 bits per heavy atom. The number of hydrogen-bond donors (Lipinski definition) is 1. The number of ether oxygens (including phenoxy) is 1. The summed E-state index contributed by atoms with van der Waals surface area (Å²) < 4.78 is 4.71. The highest BCUT2D eigenvalue weighted by molar-refractivity contribution is 5.69. The number of carbonyl (C=O) groups excluding carboxylic acids is 1. The molecule has 3 nitrogen and oxygen atoms in total. The number of hydrogen-bond acceptors (Lipinski definition) is 3. The topological polar surface area (TPSA) is 46.5 Å². The van der Waals surface area contributed by atoms with Crippen LogP contribution in [0.5, 0.6) is 0 Å². The molecule has 0 heterocycles. The fourth-order valence-corrected chi connectivity index (χ4v) is 1.10. The highest BCUT2D eigenvalue weighted by Gasteiger charge is 2.00. The van der Waals surface area contributed by atoms with Gasteiger partial charge in [-0.15, -0.1) is 0 Å². The molecule has 0 aliphatic heterocycles. The minimum atomic E-state index is -0.189. The summed E-state index contributed by atoms with van der Waals surface area (Å²) in [6, 6.07) is 0. The molecule has 0 rings (SSSR count). The largest absolute Gasteiger partial charge is 0.463 e. The Morgan fingerprint density at radius 1 is 1.23 bits per heavy atom. The molecule has 0 aliphatic rings. The molecule has 0 saturated carbocycles. The van der Waals surface area contributed by atoms with E-state index in [0.29, 0.717) is 6.42 Å². The fraction of sp³-hybridized carbons (Fsp3) is 0.900. The molecule has 0 saturated heterocycles. The minimum Gasteiger partial charge on any atom is -0.463 e. The van der Waals surface area contributed by atoms with Crippen molar-refractivity contribution < 1.29 is 14.6 Å². The molecule has 0 fully saturated rings. The van der Waals surface area contributed by atoms with E-state index < -0.39 is 0 Å². The van der Waals surface area contributed by atoms with Gasteiger partial charge in [-0.3, -0.25) is 4.79 Å². The van der Waals surface area contributed by atoms with E-state index >= 15 is 0 Å². The lowest BCUT2D eigenvalue weighted by Gasteiger charge is -2.02. The quantitative estimate of drug-likeness (QED) is 0.467. The molecule has 0 spiro atoms. The molecule has 0 radical (unpaired) electrons. The number of aliphatic hydroxyl groups is 1. The normalized spacial score (nSPS) is 10.0. The van der Waals surface area contributed by atoms with Gasteiger partial charge in [0, 0.05) is 6.42 Å². The van der Waals surface area contributed by atoms with Crippen molar-refractivity contribution in [3.05, 3.63) is 0 Å². The zero-order chi connectivity index (χ0) is 9.94. The summed E-state index contributed by atoms with van der Waals surface area (Å²) in [5, 5.41) is 8.38. The van der Waals surface area contributed by atoms with Gasteiger partial charge in [-0.1, -0.05) is 32.6 Å². The molecule has 0 aliphatic carbocycles. The van der Waals surface area contributed by atoms with E-state index in [1.807, 2.05) is 0 Å². The monoisotopic (exact) mass is 188 g/mol. The van der Waals surface area contributed by atoms with Crippen LogP contribution in [0, 0.1) is 0 Å². The zero-order valence-electron chi connectivity index (χ0n) is 8.42. The van der Waals surface area contributed by atoms with Gasteiger partial charge in [0.1, 0.15) is 6.61 Å². The first kappa shape index (κ1) is 12.4. The third-order valence-electron chi connectivity index (χ3n) is 1.84. The van der Waals surface area contributed by atoms with Gasteiger partial charge in [0.05, 0.1) is 6.61 Å². The molecule has 13 heavy (non-hydrogen) atoms. The van der Waals surface area contributed by atoms with Crippen molar-refractivity contribution >= 4 is 5.97 Å². The fourth-order valence-electron chi connectivity index (χ4n) is 1.10. The van der Waals surface area contributed by atoms with E-state index in [2.05, 4.69) is 6.92 Å². The second-order valence-corrected chi connectivity index (χ2v) is 3.11. The van der Waals surface area contributed by atoms with Gasteiger partial charge in [-0.2, -0.15) is 0 Å². The number of carbonyl (C=O) groups is 1. The molecule has 0 atom stereocenters. The zero-order valence-corrected chi connectivity index (χ0v) is 8.42. The molecule has 78 valence electrons. The Morgan fingerprint density at radius 2 is 1.92 bits per heavy atom.